The lowest BCUT2D eigenvalue weighted by atomic mass is 9.86. The predicted molar refractivity (Wildman–Crippen MR) is 89.0 cm³/mol. The van der Waals surface area contributed by atoms with Gasteiger partial charge in [-0.25, -0.2) is 0 Å². The number of benzene rings is 1. The van der Waals surface area contributed by atoms with Crippen molar-refractivity contribution in [3.05, 3.63) is 28.8 Å². The highest BCUT2D eigenvalue weighted by Gasteiger charge is 2.33. The molecule has 1 heterocycles. The number of aliphatic hydroxyl groups is 1. The number of carboxylic acid groups (broad SMARTS) is 1. The molecule has 0 aliphatic carbocycles. The smallest absolute Gasteiger partial charge is 0.307 e. The maximum absolute atomic E-state index is 10.6. The summed E-state index contributed by atoms with van der Waals surface area (Å²) >= 11 is 6.08. The number of hydrogen-bond acceptors (Lipinski definition) is 4. The molecule has 1 aromatic carbocycles. The molecule has 0 aromatic heterocycles. The van der Waals surface area contributed by atoms with Crippen molar-refractivity contribution in [2.45, 2.75) is 38.8 Å². The van der Waals surface area contributed by atoms with E-state index in [4.69, 9.17) is 21.4 Å². The molecule has 1 saturated heterocycles. The van der Waals surface area contributed by atoms with Gasteiger partial charge in [0.15, 0.2) is 0 Å². The van der Waals surface area contributed by atoms with Gasteiger partial charge in [0.2, 0.25) is 0 Å². The third-order valence-electron chi connectivity index (χ3n) is 3.99. The normalized spacial score (nSPS) is 17.6. The maximum atomic E-state index is 10.6. The van der Waals surface area contributed by atoms with Crippen molar-refractivity contribution in [1.82, 2.24) is 4.90 Å². The standard InChI is InChI=1S/C17H24ClNO4/c1-17(2,3)13-6-12(18)4-5-14(13)23-10-11-8-19(9-11)15(20)7-16(21)22/h4-6,11,15,20H,7-10H2,1-3H3,(H,21,22). The summed E-state index contributed by atoms with van der Waals surface area (Å²) in [6.45, 7) is 8.16. The predicted octanol–water partition coefficient (Wildman–Crippen LogP) is 2.74. The summed E-state index contributed by atoms with van der Waals surface area (Å²) in [7, 11) is 0. The minimum Gasteiger partial charge on any atom is -0.493 e. The second-order valence-electron chi connectivity index (χ2n) is 7.10. The molecule has 0 bridgehead atoms. The summed E-state index contributed by atoms with van der Waals surface area (Å²) in [6, 6.07) is 5.63. The Morgan fingerprint density at radius 2 is 2.09 bits per heavy atom. The van der Waals surface area contributed by atoms with Crippen molar-refractivity contribution >= 4 is 17.6 Å². The Morgan fingerprint density at radius 1 is 1.43 bits per heavy atom. The fraction of sp³-hybridized carbons (Fsp3) is 0.588. The highest BCUT2D eigenvalue weighted by Crippen LogP contribution is 2.34. The van der Waals surface area contributed by atoms with E-state index in [9.17, 15) is 9.90 Å². The van der Waals surface area contributed by atoms with E-state index in [1.807, 2.05) is 18.2 Å². The Bertz CT molecular complexity index is 564. The van der Waals surface area contributed by atoms with Gasteiger partial charge in [0.25, 0.3) is 0 Å². The van der Waals surface area contributed by atoms with Crippen LogP contribution < -0.4 is 4.74 Å². The van der Waals surface area contributed by atoms with Crippen LogP contribution in [-0.2, 0) is 10.2 Å². The molecule has 1 unspecified atom stereocenters. The molecule has 6 heteroatoms. The number of aliphatic carboxylic acids is 1. The first-order valence-electron chi connectivity index (χ1n) is 7.73. The van der Waals surface area contributed by atoms with Gasteiger partial charge in [-0.3, -0.25) is 9.69 Å². The van der Waals surface area contributed by atoms with Gasteiger partial charge >= 0.3 is 5.97 Å². The van der Waals surface area contributed by atoms with Gasteiger partial charge in [-0.2, -0.15) is 0 Å². The monoisotopic (exact) mass is 341 g/mol. The average Bonchev–Trinajstić information content (AvgIpc) is 2.36. The van der Waals surface area contributed by atoms with Gasteiger partial charge in [0.1, 0.15) is 12.0 Å². The van der Waals surface area contributed by atoms with Gasteiger partial charge in [-0.05, 0) is 23.6 Å². The molecule has 1 aliphatic heterocycles. The molecule has 1 aliphatic rings. The second kappa shape index (κ2) is 7.07. The van der Waals surface area contributed by atoms with E-state index >= 15 is 0 Å². The molecule has 2 rings (SSSR count). The molecule has 1 fully saturated rings. The first kappa shape index (κ1) is 18.0. The van der Waals surface area contributed by atoms with Crippen molar-refractivity contribution in [1.29, 1.82) is 0 Å². The van der Waals surface area contributed by atoms with Crippen molar-refractivity contribution in [3.63, 3.8) is 0 Å². The molecular weight excluding hydrogens is 318 g/mol. The number of halogens is 1. The molecule has 5 nitrogen and oxygen atoms in total. The van der Waals surface area contributed by atoms with Gasteiger partial charge in [0.05, 0.1) is 13.0 Å². The summed E-state index contributed by atoms with van der Waals surface area (Å²) in [5, 5.41) is 19.1. The van der Waals surface area contributed by atoms with Gasteiger partial charge in [0, 0.05) is 29.6 Å². The Hall–Kier alpha value is -1.30. The Kier molecular flexibility index (Phi) is 5.55. The van der Waals surface area contributed by atoms with Gasteiger partial charge in [-0.15, -0.1) is 0 Å². The molecule has 0 amide bonds. The topological polar surface area (TPSA) is 70.0 Å². The number of ether oxygens (including phenoxy) is 1. The number of nitrogens with zero attached hydrogens (tertiary/aromatic N) is 1. The van der Waals surface area contributed by atoms with Crippen LogP contribution in [0.5, 0.6) is 5.75 Å². The van der Waals surface area contributed by atoms with Crippen LogP contribution in [0.1, 0.15) is 32.8 Å². The molecule has 0 saturated carbocycles. The maximum Gasteiger partial charge on any atom is 0.307 e. The first-order chi connectivity index (χ1) is 10.7. The van der Waals surface area contributed by atoms with Crippen LogP contribution in [0.15, 0.2) is 18.2 Å². The number of rotatable bonds is 6. The van der Waals surface area contributed by atoms with Crippen molar-refractivity contribution in [2.75, 3.05) is 19.7 Å². The lowest BCUT2D eigenvalue weighted by molar-refractivity contribution is -0.146. The van der Waals surface area contributed by atoms with E-state index in [0.717, 1.165) is 11.3 Å². The van der Waals surface area contributed by atoms with Crippen molar-refractivity contribution in [2.24, 2.45) is 5.92 Å². The zero-order chi connectivity index (χ0) is 17.2. The van der Waals surface area contributed by atoms with E-state index in [-0.39, 0.29) is 11.8 Å². The van der Waals surface area contributed by atoms with E-state index in [2.05, 4.69) is 20.8 Å². The fourth-order valence-corrected chi connectivity index (χ4v) is 2.84. The Balaban J connectivity index is 1.88. The first-order valence-corrected chi connectivity index (χ1v) is 8.11. The van der Waals surface area contributed by atoms with E-state index in [1.165, 1.54) is 0 Å². The highest BCUT2D eigenvalue weighted by molar-refractivity contribution is 6.30. The molecule has 23 heavy (non-hydrogen) atoms. The molecular formula is C17H24ClNO4. The summed E-state index contributed by atoms with van der Waals surface area (Å²) < 4.78 is 5.95. The lowest BCUT2D eigenvalue weighted by Gasteiger charge is -2.41. The number of hydrogen-bond donors (Lipinski definition) is 2. The molecule has 1 aromatic rings. The Morgan fingerprint density at radius 3 is 2.65 bits per heavy atom. The summed E-state index contributed by atoms with van der Waals surface area (Å²) in [6.07, 6.45) is -1.16. The minimum absolute atomic E-state index is 0.0659. The summed E-state index contributed by atoms with van der Waals surface area (Å²) in [4.78, 5) is 12.3. The van der Waals surface area contributed by atoms with Crippen LogP contribution in [0, 0.1) is 5.92 Å². The number of aliphatic hydroxyl groups excluding tert-OH is 1. The third-order valence-corrected chi connectivity index (χ3v) is 4.22. The second-order valence-corrected chi connectivity index (χ2v) is 7.54. The molecule has 128 valence electrons. The van der Waals surface area contributed by atoms with E-state index in [0.29, 0.717) is 30.6 Å². The van der Waals surface area contributed by atoms with Crippen LogP contribution in [0.25, 0.3) is 0 Å². The summed E-state index contributed by atoms with van der Waals surface area (Å²) in [5.74, 6) is 0.126. The average molecular weight is 342 g/mol. The molecule has 0 spiro atoms. The van der Waals surface area contributed by atoms with E-state index < -0.39 is 12.2 Å². The van der Waals surface area contributed by atoms with Crippen LogP contribution in [0.3, 0.4) is 0 Å². The van der Waals surface area contributed by atoms with Crippen LogP contribution in [0.4, 0.5) is 0 Å². The SMILES string of the molecule is CC(C)(C)c1cc(Cl)ccc1OCC1CN(C(O)CC(=O)O)C1. The minimum atomic E-state index is -0.992. The molecule has 0 radical (unpaired) electrons. The van der Waals surface area contributed by atoms with Crippen LogP contribution in [-0.4, -0.2) is 47.0 Å². The number of likely N-dealkylation sites (tertiary alicyclic amines) is 1. The number of carboxylic acids is 1. The molecule has 1 atom stereocenters. The lowest BCUT2D eigenvalue weighted by Crippen LogP contribution is -2.54. The zero-order valence-corrected chi connectivity index (χ0v) is 14.5. The van der Waals surface area contributed by atoms with Crippen LogP contribution >= 0.6 is 11.6 Å². The van der Waals surface area contributed by atoms with Gasteiger partial charge in [-0.1, -0.05) is 32.4 Å². The third kappa shape index (κ3) is 4.83. The quantitative estimate of drug-likeness (QED) is 0.832. The highest BCUT2D eigenvalue weighted by atomic mass is 35.5. The van der Waals surface area contributed by atoms with Crippen LogP contribution in [0.2, 0.25) is 5.02 Å². The van der Waals surface area contributed by atoms with Gasteiger partial charge < -0.3 is 14.9 Å². The fourth-order valence-electron chi connectivity index (χ4n) is 2.67. The zero-order valence-electron chi connectivity index (χ0n) is 13.8. The summed E-state index contributed by atoms with van der Waals surface area (Å²) in [5.41, 5.74) is 0.996. The van der Waals surface area contributed by atoms with E-state index in [1.54, 1.807) is 4.90 Å². The Labute approximate surface area is 141 Å². The largest absolute Gasteiger partial charge is 0.493 e. The molecule has 2 N–H and O–H groups in total. The number of carbonyl (C=O) groups is 1. The van der Waals surface area contributed by atoms with Crippen molar-refractivity contribution in [3.8, 4) is 5.75 Å². The van der Waals surface area contributed by atoms with Crippen molar-refractivity contribution < 1.29 is 19.7 Å².